The Hall–Kier alpha value is -0.630. The summed E-state index contributed by atoms with van der Waals surface area (Å²) in [6.45, 7) is 0. The molecule has 3 nitrogen and oxygen atoms in total. The van der Waals surface area contributed by atoms with Gasteiger partial charge in [0, 0.05) is 9.64 Å². The molecular weight excluding hydrogens is 306 g/mol. The quantitative estimate of drug-likeness (QED) is 0.420. The van der Waals surface area contributed by atoms with Crippen molar-refractivity contribution in [3.63, 3.8) is 0 Å². The smallest absolute Gasteiger partial charge is 0.168 e. The minimum Gasteiger partial charge on any atom is -0.506 e. The van der Waals surface area contributed by atoms with Crippen LogP contribution in [0.4, 0.5) is 10.1 Å². The van der Waals surface area contributed by atoms with Gasteiger partial charge in [-0.25, -0.2) is 4.39 Å². The molecule has 0 aliphatic carbocycles. The summed E-state index contributed by atoms with van der Waals surface area (Å²) in [7, 11) is 0. The molecule has 1 aromatic carbocycles. The average Bonchev–Trinajstić information content (AvgIpc) is 1.96. The molecule has 0 radical (unpaired) electrons. The molecule has 0 spiro atoms. The van der Waals surface area contributed by atoms with Crippen LogP contribution in [0.3, 0.4) is 0 Å². The maximum absolute atomic E-state index is 12.7. The molecule has 0 amide bonds. The van der Waals surface area contributed by atoms with Crippen molar-refractivity contribution in [3.05, 3.63) is 21.5 Å². The molecule has 13 heavy (non-hydrogen) atoms. The van der Waals surface area contributed by atoms with E-state index in [1.165, 1.54) is 6.07 Å². The molecule has 0 saturated heterocycles. The first-order chi connectivity index (χ1) is 6.00. The summed E-state index contributed by atoms with van der Waals surface area (Å²) < 4.78 is 13.2. The van der Waals surface area contributed by atoms with E-state index in [-0.39, 0.29) is 10.9 Å². The van der Waals surface area contributed by atoms with E-state index in [9.17, 15) is 9.50 Å². The average molecular weight is 312 g/mol. The highest BCUT2D eigenvalue weighted by molar-refractivity contribution is 14.1. The zero-order valence-electron chi connectivity index (χ0n) is 6.34. The van der Waals surface area contributed by atoms with Crippen molar-refractivity contribution in [1.29, 1.82) is 0 Å². The largest absolute Gasteiger partial charge is 0.506 e. The van der Waals surface area contributed by atoms with E-state index < -0.39 is 5.82 Å². The van der Waals surface area contributed by atoms with Crippen LogP contribution in [0.1, 0.15) is 0 Å². The van der Waals surface area contributed by atoms with Crippen molar-refractivity contribution in [2.24, 2.45) is 5.73 Å². The van der Waals surface area contributed by atoms with Crippen LogP contribution in [0.25, 0.3) is 0 Å². The molecule has 0 fully saturated rings. The van der Waals surface area contributed by atoms with Gasteiger partial charge in [0.15, 0.2) is 5.11 Å². The highest BCUT2D eigenvalue weighted by Crippen LogP contribution is 2.29. The van der Waals surface area contributed by atoms with Crippen LogP contribution in [0.5, 0.6) is 5.75 Å². The van der Waals surface area contributed by atoms with Crippen molar-refractivity contribution in [3.8, 4) is 5.75 Å². The first kappa shape index (κ1) is 10.5. The number of nitrogens with two attached hydrogens (primary N) is 1. The van der Waals surface area contributed by atoms with Gasteiger partial charge in [-0.2, -0.15) is 0 Å². The number of halogens is 2. The van der Waals surface area contributed by atoms with E-state index in [4.69, 9.17) is 5.73 Å². The molecule has 70 valence electrons. The maximum Gasteiger partial charge on any atom is 0.168 e. The van der Waals surface area contributed by atoms with E-state index in [1.807, 2.05) is 22.6 Å². The van der Waals surface area contributed by atoms with E-state index in [1.54, 1.807) is 0 Å². The monoisotopic (exact) mass is 312 g/mol. The second kappa shape index (κ2) is 4.05. The normalized spacial score (nSPS) is 9.69. The number of hydrogen-bond donors (Lipinski definition) is 3. The molecule has 4 N–H and O–H groups in total. The number of rotatable bonds is 1. The van der Waals surface area contributed by atoms with E-state index in [0.717, 1.165) is 6.07 Å². The summed E-state index contributed by atoms with van der Waals surface area (Å²) in [4.78, 5) is 0. The molecule has 0 atom stereocenters. The Morgan fingerprint density at radius 2 is 2.23 bits per heavy atom. The number of anilines is 1. The van der Waals surface area contributed by atoms with Gasteiger partial charge in [-0.15, -0.1) is 0 Å². The Morgan fingerprint density at radius 1 is 1.62 bits per heavy atom. The summed E-state index contributed by atoms with van der Waals surface area (Å²) in [5.74, 6) is -0.715. The van der Waals surface area contributed by atoms with Gasteiger partial charge in [-0.05, 0) is 40.9 Å². The first-order valence-electron chi connectivity index (χ1n) is 3.25. The van der Waals surface area contributed by atoms with Crippen LogP contribution < -0.4 is 11.1 Å². The minimum absolute atomic E-state index is 0.0276. The highest BCUT2D eigenvalue weighted by atomic mass is 127. The van der Waals surface area contributed by atoms with Crippen LogP contribution in [-0.2, 0) is 0 Å². The van der Waals surface area contributed by atoms with Gasteiger partial charge in [0.1, 0.15) is 11.6 Å². The zero-order chi connectivity index (χ0) is 10.0. The predicted molar refractivity (Wildman–Crippen MR) is 61.2 cm³/mol. The fraction of sp³-hybridized carbons (Fsp3) is 0. The van der Waals surface area contributed by atoms with Crippen molar-refractivity contribution in [2.75, 3.05) is 5.32 Å². The van der Waals surface area contributed by atoms with Crippen LogP contribution in [0.2, 0.25) is 0 Å². The number of aromatic hydroxyl groups is 1. The number of hydrogen-bond acceptors (Lipinski definition) is 2. The molecule has 0 bridgehead atoms. The van der Waals surface area contributed by atoms with Crippen molar-refractivity contribution in [1.82, 2.24) is 0 Å². The summed E-state index contributed by atoms with van der Waals surface area (Å²) in [5.41, 5.74) is 5.54. The Balaban J connectivity index is 3.13. The van der Waals surface area contributed by atoms with Crippen molar-refractivity contribution < 1.29 is 9.50 Å². The van der Waals surface area contributed by atoms with Gasteiger partial charge < -0.3 is 16.2 Å². The Labute approximate surface area is 93.3 Å². The minimum atomic E-state index is -0.504. The Bertz CT molecular complexity index is 335. The fourth-order valence-electron chi connectivity index (χ4n) is 0.807. The fourth-order valence-corrected chi connectivity index (χ4v) is 1.62. The molecule has 0 heterocycles. The number of phenolic OH excluding ortho intramolecular Hbond substituents is 1. The highest BCUT2D eigenvalue weighted by Gasteiger charge is 2.08. The second-order valence-electron chi connectivity index (χ2n) is 2.27. The zero-order valence-corrected chi connectivity index (χ0v) is 9.32. The third-order valence-electron chi connectivity index (χ3n) is 1.28. The first-order valence-corrected chi connectivity index (χ1v) is 4.74. The van der Waals surface area contributed by atoms with Gasteiger partial charge in [0.2, 0.25) is 0 Å². The van der Waals surface area contributed by atoms with Crippen LogP contribution in [-0.4, -0.2) is 10.2 Å². The van der Waals surface area contributed by atoms with Crippen molar-refractivity contribution >= 4 is 45.6 Å². The lowest BCUT2D eigenvalue weighted by Crippen LogP contribution is -2.19. The third kappa shape index (κ3) is 2.66. The van der Waals surface area contributed by atoms with Gasteiger partial charge in [-0.1, -0.05) is 0 Å². The van der Waals surface area contributed by atoms with Crippen molar-refractivity contribution in [2.45, 2.75) is 0 Å². The van der Waals surface area contributed by atoms with Crippen LogP contribution in [0.15, 0.2) is 12.1 Å². The molecule has 0 saturated carbocycles. The number of thiocarbonyl (C=S) groups is 1. The number of phenols is 1. The third-order valence-corrected chi connectivity index (χ3v) is 2.24. The molecule has 0 unspecified atom stereocenters. The molecule has 0 aromatic heterocycles. The van der Waals surface area contributed by atoms with Crippen LogP contribution >= 0.6 is 34.8 Å². The lowest BCUT2D eigenvalue weighted by molar-refractivity contribution is 0.471. The molecule has 0 aliphatic rings. The maximum atomic E-state index is 12.7. The molecule has 6 heteroatoms. The SMILES string of the molecule is NC(=S)Nc1c(O)cc(F)cc1I. The summed E-state index contributed by atoms with van der Waals surface area (Å²) >= 11 is 6.46. The van der Waals surface area contributed by atoms with E-state index >= 15 is 0 Å². The molecular formula is C7H6FIN2OS. The molecule has 0 aliphatic heterocycles. The Kier molecular flexibility index (Phi) is 3.26. The lowest BCUT2D eigenvalue weighted by Gasteiger charge is -2.08. The van der Waals surface area contributed by atoms with Crippen LogP contribution in [0, 0.1) is 9.39 Å². The van der Waals surface area contributed by atoms with Gasteiger partial charge in [-0.3, -0.25) is 0 Å². The summed E-state index contributed by atoms with van der Waals surface area (Å²) in [6.07, 6.45) is 0. The molecule has 1 aromatic rings. The van der Waals surface area contributed by atoms with E-state index in [0.29, 0.717) is 9.26 Å². The van der Waals surface area contributed by atoms with Gasteiger partial charge in [0.25, 0.3) is 0 Å². The Morgan fingerprint density at radius 3 is 2.69 bits per heavy atom. The summed E-state index contributed by atoms with van der Waals surface area (Å²) in [6, 6.07) is 2.25. The van der Waals surface area contributed by atoms with Gasteiger partial charge in [0.05, 0.1) is 5.69 Å². The predicted octanol–water partition coefficient (Wildman–Crippen LogP) is 1.79. The topological polar surface area (TPSA) is 58.3 Å². The van der Waals surface area contributed by atoms with Gasteiger partial charge >= 0.3 is 0 Å². The summed E-state index contributed by atoms with van der Waals surface area (Å²) in [5, 5.41) is 11.9. The second-order valence-corrected chi connectivity index (χ2v) is 3.87. The number of nitrogens with one attached hydrogen (secondary N) is 1. The van der Waals surface area contributed by atoms with E-state index in [2.05, 4.69) is 17.5 Å². The molecule has 1 rings (SSSR count). The lowest BCUT2D eigenvalue weighted by atomic mass is 10.3. The number of benzene rings is 1. The standard InChI is InChI=1S/C7H6FIN2OS/c8-3-1-4(9)6(5(12)2-3)11-7(10)13/h1-2,12H,(H3,10,11,13).